The molecular formula is C15H18N2O2S. The monoisotopic (exact) mass is 290 g/mol. The minimum absolute atomic E-state index is 0.250. The van der Waals surface area contributed by atoms with Crippen molar-refractivity contribution in [2.45, 2.75) is 18.4 Å². The Kier molecular flexibility index (Phi) is 4.49. The van der Waals surface area contributed by atoms with Gasteiger partial charge < -0.3 is 0 Å². The molecule has 1 aromatic heterocycles. The fourth-order valence-corrected chi connectivity index (χ4v) is 3.09. The van der Waals surface area contributed by atoms with Crippen LogP contribution in [0.3, 0.4) is 0 Å². The third kappa shape index (κ3) is 3.04. The number of nitrogens with zero attached hydrogens (tertiary/aromatic N) is 2. The molecule has 0 amide bonds. The molecule has 0 saturated carbocycles. The first-order valence-electron chi connectivity index (χ1n) is 6.39. The molecule has 2 aromatic rings. The first-order valence-corrected chi connectivity index (χ1v) is 7.54. The van der Waals surface area contributed by atoms with Gasteiger partial charge in [0.1, 0.15) is 0 Å². The molecule has 0 radical (unpaired) electrons. The second kappa shape index (κ2) is 6.13. The minimum atomic E-state index is -0.274. The van der Waals surface area contributed by atoms with Crippen LogP contribution in [0.15, 0.2) is 39.9 Å². The maximum Gasteiger partial charge on any atom is 0.330 e. The number of hydrogen-bond acceptors (Lipinski definition) is 3. The Bertz CT molecular complexity index is 731. The van der Waals surface area contributed by atoms with Gasteiger partial charge in [-0.3, -0.25) is 13.9 Å². The van der Waals surface area contributed by atoms with E-state index in [1.165, 1.54) is 28.8 Å². The molecular weight excluding hydrogens is 272 g/mol. The van der Waals surface area contributed by atoms with E-state index in [0.29, 0.717) is 5.75 Å². The van der Waals surface area contributed by atoms with E-state index in [1.807, 2.05) is 12.1 Å². The topological polar surface area (TPSA) is 44.0 Å². The normalized spacial score (nSPS) is 10.8. The Labute approximate surface area is 122 Å². The third-order valence-corrected chi connectivity index (χ3v) is 4.41. The van der Waals surface area contributed by atoms with Crippen LogP contribution >= 0.6 is 11.8 Å². The summed E-state index contributed by atoms with van der Waals surface area (Å²) in [5.41, 5.74) is 2.78. The molecule has 0 N–H and O–H groups in total. The van der Waals surface area contributed by atoms with Gasteiger partial charge in [0.2, 0.25) is 0 Å². The van der Waals surface area contributed by atoms with Crippen LogP contribution in [0.25, 0.3) is 0 Å². The molecule has 0 aliphatic rings. The predicted molar refractivity (Wildman–Crippen MR) is 83.1 cm³/mol. The highest BCUT2D eigenvalue weighted by Gasteiger charge is 2.06. The van der Waals surface area contributed by atoms with E-state index in [2.05, 4.69) is 19.1 Å². The zero-order valence-electron chi connectivity index (χ0n) is 11.9. The van der Waals surface area contributed by atoms with Gasteiger partial charge in [-0.25, -0.2) is 4.79 Å². The summed E-state index contributed by atoms with van der Waals surface area (Å²) in [5, 5.41) is 0. The van der Waals surface area contributed by atoms with Gasteiger partial charge in [-0.1, -0.05) is 24.3 Å². The summed E-state index contributed by atoms with van der Waals surface area (Å²) in [4.78, 5) is 23.5. The lowest BCUT2D eigenvalue weighted by Crippen LogP contribution is -2.37. The van der Waals surface area contributed by atoms with E-state index < -0.39 is 0 Å². The zero-order chi connectivity index (χ0) is 14.7. The van der Waals surface area contributed by atoms with E-state index in [0.717, 1.165) is 16.0 Å². The van der Waals surface area contributed by atoms with Gasteiger partial charge in [-0.05, 0) is 18.1 Å². The first-order chi connectivity index (χ1) is 9.50. The minimum Gasteiger partial charge on any atom is -0.300 e. The highest BCUT2D eigenvalue weighted by molar-refractivity contribution is 7.97. The Morgan fingerprint density at radius 1 is 1.05 bits per heavy atom. The number of benzene rings is 1. The molecule has 0 aliphatic carbocycles. The average Bonchev–Trinajstić information content (AvgIpc) is 2.44. The van der Waals surface area contributed by atoms with Gasteiger partial charge in [0.15, 0.2) is 0 Å². The van der Waals surface area contributed by atoms with Crippen molar-refractivity contribution in [1.82, 2.24) is 9.13 Å². The maximum atomic E-state index is 11.8. The summed E-state index contributed by atoms with van der Waals surface area (Å²) in [6.45, 7) is 2.09. The lowest BCUT2D eigenvalue weighted by atomic mass is 10.1. The van der Waals surface area contributed by atoms with Crippen molar-refractivity contribution in [1.29, 1.82) is 0 Å². The summed E-state index contributed by atoms with van der Waals surface area (Å²) >= 11 is 1.70. The molecule has 1 heterocycles. The van der Waals surface area contributed by atoms with Crippen molar-refractivity contribution in [3.63, 3.8) is 0 Å². The van der Waals surface area contributed by atoms with Crippen LogP contribution in [-0.2, 0) is 25.6 Å². The molecule has 4 nitrogen and oxygen atoms in total. The average molecular weight is 290 g/mol. The largest absolute Gasteiger partial charge is 0.330 e. The zero-order valence-corrected chi connectivity index (χ0v) is 12.7. The Morgan fingerprint density at radius 2 is 1.75 bits per heavy atom. The van der Waals surface area contributed by atoms with Crippen molar-refractivity contribution in [3.05, 3.63) is 68.0 Å². The summed E-state index contributed by atoms with van der Waals surface area (Å²) in [6, 6.07) is 9.77. The van der Waals surface area contributed by atoms with Gasteiger partial charge in [-0.15, -0.1) is 0 Å². The second-order valence-corrected chi connectivity index (χ2v) is 5.78. The molecule has 0 aliphatic heterocycles. The van der Waals surface area contributed by atoms with Crippen LogP contribution in [0, 0.1) is 6.92 Å². The molecule has 0 bridgehead atoms. The molecule has 2 rings (SSSR count). The number of aromatic nitrogens is 2. The van der Waals surface area contributed by atoms with Crippen LogP contribution in [0.4, 0.5) is 0 Å². The third-order valence-electron chi connectivity index (χ3n) is 3.39. The molecule has 20 heavy (non-hydrogen) atoms. The van der Waals surface area contributed by atoms with Gasteiger partial charge >= 0.3 is 5.69 Å². The van der Waals surface area contributed by atoms with E-state index >= 15 is 0 Å². The van der Waals surface area contributed by atoms with E-state index in [4.69, 9.17) is 0 Å². The standard InChI is InChI=1S/C15H18N2O2S/c1-11-6-4-5-7-12(11)9-20-10-13-8-14(18)17(3)15(19)16(13)2/h4-8H,9-10H2,1-3H3. The van der Waals surface area contributed by atoms with Crippen molar-refractivity contribution >= 4 is 11.8 Å². The first kappa shape index (κ1) is 14.7. The molecule has 1 aromatic carbocycles. The van der Waals surface area contributed by atoms with Crippen LogP contribution < -0.4 is 11.2 Å². The van der Waals surface area contributed by atoms with E-state index in [-0.39, 0.29) is 11.2 Å². The fraction of sp³-hybridized carbons (Fsp3) is 0.333. The Morgan fingerprint density at radius 3 is 2.45 bits per heavy atom. The van der Waals surface area contributed by atoms with E-state index in [1.54, 1.807) is 18.8 Å². The van der Waals surface area contributed by atoms with Gasteiger partial charge in [-0.2, -0.15) is 11.8 Å². The second-order valence-electron chi connectivity index (χ2n) is 4.79. The van der Waals surface area contributed by atoms with Crippen LogP contribution in [0.1, 0.15) is 16.8 Å². The fourth-order valence-electron chi connectivity index (χ4n) is 1.95. The number of thioether (sulfide) groups is 1. The highest BCUT2D eigenvalue weighted by atomic mass is 32.2. The summed E-state index contributed by atoms with van der Waals surface area (Å²) in [6.07, 6.45) is 0. The lowest BCUT2D eigenvalue weighted by molar-refractivity contribution is 0.665. The molecule has 0 spiro atoms. The smallest absolute Gasteiger partial charge is 0.300 e. The molecule has 5 heteroatoms. The number of hydrogen-bond donors (Lipinski definition) is 0. The number of aryl methyl sites for hydroxylation is 1. The predicted octanol–water partition coefficient (Wildman–Crippen LogP) is 1.83. The van der Waals surface area contributed by atoms with Crippen LogP contribution in [-0.4, -0.2) is 9.13 Å². The van der Waals surface area contributed by atoms with Gasteiger partial charge in [0, 0.05) is 37.4 Å². The van der Waals surface area contributed by atoms with Crippen molar-refractivity contribution in [3.8, 4) is 0 Å². The van der Waals surface area contributed by atoms with Gasteiger partial charge in [0.05, 0.1) is 0 Å². The van der Waals surface area contributed by atoms with Crippen LogP contribution in [0.2, 0.25) is 0 Å². The number of rotatable bonds is 4. The molecule has 0 unspecified atom stereocenters. The van der Waals surface area contributed by atoms with Crippen LogP contribution in [0.5, 0.6) is 0 Å². The Hall–Kier alpha value is -1.75. The lowest BCUT2D eigenvalue weighted by Gasteiger charge is -2.10. The quantitative estimate of drug-likeness (QED) is 0.863. The molecule has 0 saturated heterocycles. The molecule has 0 fully saturated rings. The summed E-state index contributed by atoms with van der Waals surface area (Å²) < 4.78 is 2.65. The van der Waals surface area contributed by atoms with Crippen molar-refractivity contribution < 1.29 is 0 Å². The summed E-state index contributed by atoms with van der Waals surface area (Å²) in [5.74, 6) is 1.52. The van der Waals surface area contributed by atoms with Gasteiger partial charge in [0.25, 0.3) is 5.56 Å². The van der Waals surface area contributed by atoms with Crippen molar-refractivity contribution in [2.24, 2.45) is 14.1 Å². The van der Waals surface area contributed by atoms with Crippen molar-refractivity contribution in [2.75, 3.05) is 0 Å². The summed E-state index contributed by atoms with van der Waals surface area (Å²) in [7, 11) is 3.19. The molecule has 106 valence electrons. The van der Waals surface area contributed by atoms with E-state index in [9.17, 15) is 9.59 Å². The maximum absolute atomic E-state index is 11.8. The SMILES string of the molecule is Cc1ccccc1CSCc1cc(=O)n(C)c(=O)n1C. The molecule has 0 atom stereocenters. The highest BCUT2D eigenvalue weighted by Crippen LogP contribution is 2.18. The Balaban J connectivity index is 2.11.